The Kier molecular flexibility index (Phi) is 6.23. The van der Waals surface area contributed by atoms with Crippen LogP contribution in [-0.2, 0) is 20.0 Å². The Morgan fingerprint density at radius 2 is 1.89 bits per heavy atom. The summed E-state index contributed by atoms with van der Waals surface area (Å²) < 4.78 is 2.37. The van der Waals surface area contributed by atoms with Crippen LogP contribution in [0.4, 0.5) is 10.5 Å². The average molecular weight is 518 g/mol. The number of carbonyl (C=O) groups is 1. The van der Waals surface area contributed by atoms with Crippen molar-refractivity contribution < 1.29 is 14.4 Å². The fraction of sp³-hybridized carbons (Fsp3) is 0.567. The summed E-state index contributed by atoms with van der Waals surface area (Å²) in [5, 5.41) is 10.1. The van der Waals surface area contributed by atoms with E-state index in [9.17, 15) is 9.90 Å². The maximum atomic E-state index is 12.3. The first-order chi connectivity index (χ1) is 18.2. The lowest BCUT2D eigenvalue weighted by Crippen LogP contribution is -2.69. The number of pyridine rings is 1. The molecule has 8 heteroatoms. The van der Waals surface area contributed by atoms with Crippen molar-refractivity contribution in [3.05, 3.63) is 53.6 Å². The summed E-state index contributed by atoms with van der Waals surface area (Å²) in [4.78, 5) is 27.3. The Labute approximate surface area is 225 Å². The van der Waals surface area contributed by atoms with Gasteiger partial charge in [-0.3, -0.25) is 9.88 Å². The van der Waals surface area contributed by atoms with Gasteiger partial charge in [-0.25, -0.2) is 9.47 Å². The number of carboxylic acid groups (broad SMARTS) is 1. The van der Waals surface area contributed by atoms with Crippen LogP contribution in [0, 0.1) is 5.92 Å². The fourth-order valence-electron chi connectivity index (χ4n) is 7.37. The van der Waals surface area contributed by atoms with Crippen LogP contribution in [0.25, 0.3) is 11.0 Å². The van der Waals surface area contributed by atoms with Gasteiger partial charge < -0.3 is 14.6 Å². The van der Waals surface area contributed by atoms with Crippen LogP contribution in [0.15, 0.2) is 36.5 Å². The van der Waals surface area contributed by atoms with E-state index in [-0.39, 0.29) is 10.0 Å². The van der Waals surface area contributed by atoms with E-state index < -0.39 is 6.09 Å². The highest BCUT2D eigenvalue weighted by Gasteiger charge is 2.50. The van der Waals surface area contributed by atoms with Crippen LogP contribution in [0.1, 0.15) is 63.2 Å². The number of anilines is 1. The van der Waals surface area contributed by atoms with Crippen LogP contribution in [0.3, 0.4) is 0 Å². The van der Waals surface area contributed by atoms with E-state index in [0.717, 1.165) is 42.1 Å². The molecule has 0 spiro atoms. The number of hydrogen-bond acceptors (Lipinski definition) is 5. The van der Waals surface area contributed by atoms with Gasteiger partial charge in [-0.15, -0.1) is 0 Å². The van der Waals surface area contributed by atoms with E-state index in [1.807, 2.05) is 27.0 Å². The number of aryl methyl sites for hydroxylation is 2. The second-order valence-electron chi connectivity index (χ2n) is 12.5. The molecule has 1 amide bonds. The van der Waals surface area contributed by atoms with Crippen LogP contribution in [0.2, 0.25) is 0 Å². The average Bonchev–Trinajstić information content (AvgIpc) is 3.23. The van der Waals surface area contributed by atoms with Gasteiger partial charge in [0, 0.05) is 13.2 Å². The third-order valence-corrected chi connectivity index (χ3v) is 9.66. The lowest BCUT2D eigenvalue weighted by Gasteiger charge is -2.48. The molecule has 3 aromatic rings. The summed E-state index contributed by atoms with van der Waals surface area (Å²) >= 11 is 0. The lowest BCUT2D eigenvalue weighted by molar-refractivity contribution is -0.903. The number of benzene rings is 1. The van der Waals surface area contributed by atoms with Crippen LogP contribution < -0.4 is 4.90 Å². The summed E-state index contributed by atoms with van der Waals surface area (Å²) in [6.45, 7) is 10.6. The molecule has 1 aliphatic carbocycles. The molecule has 0 saturated carbocycles. The highest BCUT2D eigenvalue weighted by molar-refractivity contribution is 5.89. The monoisotopic (exact) mass is 517 g/mol. The Bertz CT molecular complexity index is 1350. The van der Waals surface area contributed by atoms with Gasteiger partial charge in [0.25, 0.3) is 0 Å². The van der Waals surface area contributed by atoms with E-state index in [0.29, 0.717) is 38.1 Å². The molecule has 1 aromatic carbocycles. The fourth-order valence-corrected chi connectivity index (χ4v) is 7.37. The number of hydrogen-bond donors (Lipinski definition) is 1. The molecule has 2 fully saturated rings. The number of para-hydroxylation sites is 1. The van der Waals surface area contributed by atoms with Gasteiger partial charge in [-0.1, -0.05) is 12.1 Å². The Hall–Kier alpha value is -2.97. The third kappa shape index (κ3) is 4.00. The van der Waals surface area contributed by atoms with E-state index in [1.54, 1.807) is 0 Å². The highest BCUT2D eigenvalue weighted by Crippen LogP contribution is 2.43. The lowest BCUT2D eigenvalue weighted by atomic mass is 9.77. The number of piperidine rings is 1. The van der Waals surface area contributed by atoms with Gasteiger partial charge in [0.1, 0.15) is 24.5 Å². The standard InChI is InChI=1S/C30H40N6O2/c1-30(2,3)36(29(37)38)18-16-34(17-19-36)24-11-5-10-23-28(24)33(4)25(32-23)20-35-15-7-9-22-13-12-21-8-6-14-31-26(21)27(22)35/h5-6,8,10-11,14,22,27H,7,9,12-13,15-20H2,1-4H3/p+1/t22-,27-/m0/s1. The first-order valence-corrected chi connectivity index (χ1v) is 14.2. The smallest absolute Gasteiger partial charge is 0.435 e. The number of imidazole rings is 1. The predicted molar refractivity (Wildman–Crippen MR) is 149 cm³/mol. The Balaban J connectivity index is 1.29. The molecule has 2 aliphatic heterocycles. The molecule has 3 aliphatic rings. The molecule has 4 heterocycles. The molecule has 8 nitrogen and oxygen atoms in total. The summed E-state index contributed by atoms with van der Waals surface area (Å²) in [6, 6.07) is 11.1. The molecule has 6 rings (SSSR count). The largest absolute Gasteiger partial charge is 0.514 e. The minimum Gasteiger partial charge on any atom is -0.435 e. The molecule has 2 atom stereocenters. The van der Waals surface area contributed by atoms with Crippen molar-refractivity contribution in [2.45, 2.75) is 64.6 Å². The molecule has 0 bridgehead atoms. The maximum Gasteiger partial charge on any atom is 0.514 e. The molecule has 0 unspecified atom stereocenters. The third-order valence-electron chi connectivity index (χ3n) is 9.66. The number of quaternary nitrogens is 1. The molecule has 38 heavy (non-hydrogen) atoms. The van der Waals surface area contributed by atoms with Crippen molar-refractivity contribution >= 4 is 22.8 Å². The number of fused-ring (bicyclic) bond motifs is 4. The van der Waals surface area contributed by atoms with Gasteiger partial charge >= 0.3 is 6.09 Å². The number of likely N-dealkylation sites (tertiary alicyclic amines) is 1. The normalized spacial score (nSPS) is 23.7. The summed E-state index contributed by atoms with van der Waals surface area (Å²) in [5.74, 6) is 1.75. The highest BCUT2D eigenvalue weighted by atomic mass is 16.4. The number of amides is 1. The van der Waals surface area contributed by atoms with E-state index in [4.69, 9.17) is 9.97 Å². The topological polar surface area (TPSA) is 74.5 Å². The quantitative estimate of drug-likeness (QED) is 0.494. The van der Waals surface area contributed by atoms with Crippen molar-refractivity contribution in [1.82, 2.24) is 19.4 Å². The molecule has 202 valence electrons. The van der Waals surface area contributed by atoms with Crippen molar-refractivity contribution in [1.29, 1.82) is 0 Å². The van der Waals surface area contributed by atoms with Gasteiger partial charge in [0.15, 0.2) is 0 Å². The zero-order chi connectivity index (χ0) is 26.7. The number of aromatic nitrogens is 3. The first kappa shape index (κ1) is 25.3. The zero-order valence-electron chi connectivity index (χ0n) is 23.2. The first-order valence-electron chi connectivity index (χ1n) is 14.2. The van der Waals surface area contributed by atoms with Gasteiger partial charge in [-0.05, 0) is 82.7 Å². The van der Waals surface area contributed by atoms with Crippen LogP contribution in [0.5, 0.6) is 0 Å². The molecule has 0 radical (unpaired) electrons. The van der Waals surface area contributed by atoms with Crippen molar-refractivity contribution in [3.63, 3.8) is 0 Å². The van der Waals surface area contributed by atoms with Crippen molar-refractivity contribution in [3.8, 4) is 0 Å². The molecular formula is C30H41N6O2+. The SMILES string of the molecule is Cn1c(CN2CCC[C@H]3CCc4cccnc4[C@H]32)nc2cccc(N3CC[N+](C(=O)O)(C(C)(C)C)CC3)c21. The van der Waals surface area contributed by atoms with E-state index in [2.05, 4.69) is 51.7 Å². The summed E-state index contributed by atoms with van der Waals surface area (Å²) in [5.41, 5.74) is 5.64. The minimum atomic E-state index is -0.725. The summed E-state index contributed by atoms with van der Waals surface area (Å²) in [7, 11) is 2.14. The molecular weight excluding hydrogens is 476 g/mol. The second kappa shape index (κ2) is 9.35. The van der Waals surface area contributed by atoms with E-state index >= 15 is 0 Å². The van der Waals surface area contributed by atoms with Crippen LogP contribution >= 0.6 is 0 Å². The Morgan fingerprint density at radius 3 is 2.63 bits per heavy atom. The molecule has 2 saturated heterocycles. The number of nitrogens with zero attached hydrogens (tertiary/aromatic N) is 6. The number of rotatable bonds is 3. The molecule has 1 N–H and O–H groups in total. The van der Waals surface area contributed by atoms with Crippen molar-refractivity contribution in [2.75, 3.05) is 37.6 Å². The predicted octanol–water partition coefficient (Wildman–Crippen LogP) is 4.98. The zero-order valence-corrected chi connectivity index (χ0v) is 23.2. The van der Waals surface area contributed by atoms with Gasteiger partial charge in [-0.2, -0.15) is 4.79 Å². The summed E-state index contributed by atoms with van der Waals surface area (Å²) in [6.07, 6.45) is 6.11. The minimum absolute atomic E-state index is 0.100. The van der Waals surface area contributed by atoms with Crippen LogP contribution in [-0.4, -0.2) is 73.4 Å². The number of piperazine rings is 1. The Morgan fingerprint density at radius 1 is 1.11 bits per heavy atom. The molecule has 2 aromatic heterocycles. The maximum absolute atomic E-state index is 12.3. The second-order valence-corrected chi connectivity index (χ2v) is 12.5. The van der Waals surface area contributed by atoms with Gasteiger partial charge in [0.2, 0.25) is 0 Å². The van der Waals surface area contributed by atoms with E-state index in [1.165, 1.54) is 30.5 Å². The van der Waals surface area contributed by atoms with Crippen molar-refractivity contribution in [2.24, 2.45) is 13.0 Å². The van der Waals surface area contributed by atoms with Gasteiger partial charge in [0.05, 0.1) is 48.1 Å².